The van der Waals surface area contributed by atoms with Gasteiger partial charge in [-0.3, -0.25) is 4.79 Å². The Morgan fingerprint density at radius 2 is 2.09 bits per heavy atom. The second-order valence-electron chi connectivity index (χ2n) is 5.61. The molecule has 1 fully saturated rings. The predicted octanol–water partition coefficient (Wildman–Crippen LogP) is 2.93. The molecule has 1 saturated heterocycles. The largest absolute Gasteiger partial charge is 0.459 e. The minimum absolute atomic E-state index is 0.0900. The van der Waals surface area contributed by atoms with E-state index in [1.807, 2.05) is 0 Å². The summed E-state index contributed by atoms with van der Waals surface area (Å²) in [6.45, 7) is 1.30. The molecule has 3 rings (SSSR count). The Kier molecular flexibility index (Phi) is 4.24. The van der Waals surface area contributed by atoms with Crippen molar-refractivity contribution in [2.75, 3.05) is 19.7 Å². The lowest BCUT2D eigenvalue weighted by atomic mass is 9.98. The van der Waals surface area contributed by atoms with Crippen LogP contribution in [0, 0.1) is 11.7 Å². The van der Waals surface area contributed by atoms with Crippen molar-refractivity contribution in [2.45, 2.75) is 12.8 Å². The Morgan fingerprint density at radius 1 is 1.32 bits per heavy atom. The number of carbonyl (C=O) groups excluding carboxylic acids is 1. The van der Waals surface area contributed by atoms with E-state index in [0.29, 0.717) is 18.7 Å². The van der Waals surface area contributed by atoms with Gasteiger partial charge in [-0.2, -0.15) is 0 Å². The number of furan rings is 1. The van der Waals surface area contributed by atoms with Gasteiger partial charge in [0, 0.05) is 25.3 Å². The van der Waals surface area contributed by atoms with Crippen molar-refractivity contribution in [3.05, 3.63) is 48.2 Å². The van der Waals surface area contributed by atoms with Gasteiger partial charge in [0.05, 0.1) is 6.26 Å². The number of nitrogens with zero attached hydrogens (tertiary/aromatic N) is 1. The molecule has 1 amide bonds. The molecule has 1 N–H and O–H groups in total. The highest BCUT2D eigenvalue weighted by Gasteiger charge is 2.27. The van der Waals surface area contributed by atoms with E-state index in [9.17, 15) is 14.3 Å². The van der Waals surface area contributed by atoms with Crippen LogP contribution in [0.1, 0.15) is 23.4 Å². The van der Waals surface area contributed by atoms with Crippen LogP contribution in [-0.4, -0.2) is 35.6 Å². The molecule has 5 heteroatoms. The third-order valence-electron chi connectivity index (χ3n) is 4.08. The van der Waals surface area contributed by atoms with Crippen LogP contribution < -0.4 is 0 Å². The summed E-state index contributed by atoms with van der Waals surface area (Å²) in [5.41, 5.74) is 1.41. The van der Waals surface area contributed by atoms with E-state index in [1.165, 1.54) is 18.4 Å². The second kappa shape index (κ2) is 6.32. The number of amides is 1. The van der Waals surface area contributed by atoms with Crippen LogP contribution in [0.2, 0.25) is 0 Å². The number of carbonyl (C=O) groups is 1. The van der Waals surface area contributed by atoms with Crippen molar-refractivity contribution in [3.63, 3.8) is 0 Å². The molecule has 1 aromatic heterocycles. The first-order chi connectivity index (χ1) is 10.7. The van der Waals surface area contributed by atoms with Crippen molar-refractivity contribution in [1.29, 1.82) is 0 Å². The molecule has 1 unspecified atom stereocenters. The molecule has 0 bridgehead atoms. The van der Waals surface area contributed by atoms with E-state index in [0.717, 1.165) is 18.4 Å². The topological polar surface area (TPSA) is 53.7 Å². The molecule has 4 nitrogen and oxygen atoms in total. The molecule has 0 aliphatic carbocycles. The summed E-state index contributed by atoms with van der Waals surface area (Å²) in [6.07, 6.45) is 3.28. The fourth-order valence-electron chi connectivity index (χ4n) is 2.87. The third-order valence-corrected chi connectivity index (χ3v) is 4.08. The van der Waals surface area contributed by atoms with Gasteiger partial charge in [0.15, 0.2) is 5.76 Å². The Balaban J connectivity index is 1.85. The Morgan fingerprint density at radius 3 is 2.82 bits per heavy atom. The van der Waals surface area contributed by atoms with Gasteiger partial charge in [-0.1, -0.05) is 12.1 Å². The van der Waals surface area contributed by atoms with E-state index in [-0.39, 0.29) is 30.0 Å². The zero-order valence-electron chi connectivity index (χ0n) is 12.2. The van der Waals surface area contributed by atoms with E-state index in [1.54, 1.807) is 23.1 Å². The molecule has 0 spiro atoms. The van der Waals surface area contributed by atoms with Crippen LogP contribution in [0.4, 0.5) is 4.39 Å². The summed E-state index contributed by atoms with van der Waals surface area (Å²) in [5, 5.41) is 9.28. The average molecular weight is 303 g/mol. The number of benzene rings is 1. The van der Waals surface area contributed by atoms with Gasteiger partial charge < -0.3 is 14.4 Å². The first-order valence-corrected chi connectivity index (χ1v) is 7.42. The fourth-order valence-corrected chi connectivity index (χ4v) is 2.87. The number of rotatable bonds is 3. The van der Waals surface area contributed by atoms with Crippen LogP contribution >= 0.6 is 0 Å². The smallest absolute Gasteiger partial charge is 0.290 e. The predicted molar refractivity (Wildman–Crippen MR) is 79.8 cm³/mol. The summed E-state index contributed by atoms with van der Waals surface area (Å²) in [7, 11) is 0. The van der Waals surface area contributed by atoms with Crippen molar-refractivity contribution in [3.8, 4) is 11.1 Å². The number of hydrogen-bond donors (Lipinski definition) is 1. The maximum absolute atomic E-state index is 13.0. The highest BCUT2D eigenvalue weighted by molar-refractivity contribution is 5.98. The molecule has 2 heterocycles. The molecule has 116 valence electrons. The summed E-state index contributed by atoms with van der Waals surface area (Å²) < 4.78 is 18.4. The molecule has 1 atom stereocenters. The first kappa shape index (κ1) is 14.8. The monoisotopic (exact) mass is 303 g/mol. The third kappa shape index (κ3) is 2.90. The molecule has 0 radical (unpaired) electrons. The van der Waals surface area contributed by atoms with Crippen molar-refractivity contribution in [1.82, 2.24) is 4.90 Å². The van der Waals surface area contributed by atoms with E-state index in [2.05, 4.69) is 0 Å². The zero-order chi connectivity index (χ0) is 15.5. The number of halogens is 1. The molecule has 0 saturated carbocycles. The standard InChI is InChI=1S/C17H18FNO3/c18-14-5-3-13(4-6-14)15-7-9-22-16(15)17(21)19-8-1-2-12(10-19)11-20/h3-7,9,12,20H,1-2,8,10-11H2. The van der Waals surface area contributed by atoms with Crippen LogP contribution in [0.25, 0.3) is 11.1 Å². The van der Waals surface area contributed by atoms with Crippen LogP contribution in [0.3, 0.4) is 0 Å². The summed E-state index contributed by atoms with van der Waals surface area (Å²) in [5.74, 6) is -0.100. The maximum Gasteiger partial charge on any atom is 0.290 e. The second-order valence-corrected chi connectivity index (χ2v) is 5.61. The van der Waals surface area contributed by atoms with Crippen molar-refractivity contribution in [2.24, 2.45) is 5.92 Å². The normalized spacial score (nSPS) is 18.5. The molecule has 22 heavy (non-hydrogen) atoms. The van der Waals surface area contributed by atoms with Crippen LogP contribution in [0.15, 0.2) is 41.0 Å². The Labute approximate surface area is 128 Å². The molecule has 2 aromatic rings. The maximum atomic E-state index is 13.0. The summed E-state index contributed by atoms with van der Waals surface area (Å²) in [4.78, 5) is 14.4. The number of piperidine rings is 1. The van der Waals surface area contributed by atoms with Gasteiger partial charge >= 0.3 is 0 Å². The molecule has 1 aromatic carbocycles. The first-order valence-electron chi connectivity index (χ1n) is 7.42. The number of likely N-dealkylation sites (tertiary alicyclic amines) is 1. The minimum atomic E-state index is -0.318. The molecule has 1 aliphatic heterocycles. The highest BCUT2D eigenvalue weighted by atomic mass is 19.1. The van der Waals surface area contributed by atoms with Crippen molar-refractivity contribution >= 4 is 5.91 Å². The van der Waals surface area contributed by atoms with Crippen LogP contribution in [0.5, 0.6) is 0 Å². The number of aliphatic hydroxyl groups is 1. The SMILES string of the molecule is O=C(c1occc1-c1ccc(F)cc1)N1CCCC(CO)C1. The van der Waals surface area contributed by atoms with Gasteiger partial charge in [-0.25, -0.2) is 4.39 Å². The highest BCUT2D eigenvalue weighted by Crippen LogP contribution is 2.27. The quantitative estimate of drug-likeness (QED) is 0.948. The number of aliphatic hydroxyl groups excluding tert-OH is 1. The lowest BCUT2D eigenvalue weighted by Crippen LogP contribution is -2.40. The Bertz CT molecular complexity index is 650. The molecule has 1 aliphatic rings. The van der Waals surface area contributed by atoms with Gasteiger partial charge in [-0.15, -0.1) is 0 Å². The lowest BCUT2D eigenvalue weighted by Gasteiger charge is -2.31. The van der Waals surface area contributed by atoms with E-state index >= 15 is 0 Å². The van der Waals surface area contributed by atoms with E-state index in [4.69, 9.17) is 4.42 Å². The van der Waals surface area contributed by atoms with Crippen molar-refractivity contribution < 1.29 is 18.7 Å². The fraction of sp³-hybridized carbons (Fsp3) is 0.353. The van der Waals surface area contributed by atoms with Gasteiger partial charge in [0.2, 0.25) is 0 Å². The van der Waals surface area contributed by atoms with Gasteiger partial charge in [0.25, 0.3) is 5.91 Å². The molecular formula is C17H18FNO3. The zero-order valence-corrected chi connectivity index (χ0v) is 12.2. The average Bonchev–Trinajstić information content (AvgIpc) is 3.04. The Hall–Kier alpha value is -2.14. The lowest BCUT2D eigenvalue weighted by molar-refractivity contribution is 0.0591. The van der Waals surface area contributed by atoms with Crippen LogP contribution in [-0.2, 0) is 0 Å². The number of hydrogen-bond acceptors (Lipinski definition) is 3. The minimum Gasteiger partial charge on any atom is -0.459 e. The molecular weight excluding hydrogens is 285 g/mol. The van der Waals surface area contributed by atoms with Gasteiger partial charge in [0.1, 0.15) is 5.82 Å². The summed E-state index contributed by atoms with van der Waals surface area (Å²) >= 11 is 0. The van der Waals surface area contributed by atoms with E-state index < -0.39 is 0 Å². The summed E-state index contributed by atoms with van der Waals surface area (Å²) in [6, 6.07) is 7.69. The van der Waals surface area contributed by atoms with Gasteiger partial charge in [-0.05, 0) is 42.5 Å².